The predicted molar refractivity (Wildman–Crippen MR) is 48.8 cm³/mol. The topological polar surface area (TPSA) is 40.5 Å². The third-order valence-electron chi connectivity index (χ3n) is 2.31. The van der Waals surface area contributed by atoms with Gasteiger partial charge in [-0.05, 0) is 25.0 Å². The maximum atomic E-state index is 11.1. The Hall–Kier alpha value is -1.35. The van der Waals surface area contributed by atoms with Crippen LogP contribution in [0.4, 0.5) is 5.69 Å². The number of nitrogens with zero attached hydrogens (tertiary/aromatic N) is 1. The Morgan fingerprint density at radius 3 is 2.92 bits per heavy atom. The molecule has 1 N–H and O–H groups in total. The minimum Gasteiger partial charge on any atom is -0.281 e. The molecule has 0 saturated heterocycles. The zero-order valence-electron chi connectivity index (χ0n) is 7.45. The summed E-state index contributed by atoms with van der Waals surface area (Å²) in [5.74, 6) is -0.226. The summed E-state index contributed by atoms with van der Waals surface area (Å²) in [6.07, 6.45) is 1.12. The normalized spacial score (nSPS) is 15.8. The lowest BCUT2D eigenvalue weighted by Crippen LogP contribution is -2.31. The Bertz CT molecular complexity index is 360. The summed E-state index contributed by atoms with van der Waals surface area (Å²) in [5, 5.41) is 10.2. The lowest BCUT2D eigenvalue weighted by molar-refractivity contribution is -0.124. The summed E-state index contributed by atoms with van der Waals surface area (Å²) < 4.78 is 0. The van der Waals surface area contributed by atoms with E-state index < -0.39 is 0 Å². The number of rotatable bonds is 0. The highest BCUT2D eigenvalue weighted by Crippen LogP contribution is 2.26. The smallest absolute Gasteiger partial charge is 0.251 e. The van der Waals surface area contributed by atoms with Crippen molar-refractivity contribution in [1.29, 1.82) is 0 Å². The zero-order chi connectivity index (χ0) is 9.42. The first kappa shape index (κ1) is 8.26. The van der Waals surface area contributed by atoms with Crippen molar-refractivity contribution < 1.29 is 10.0 Å². The molecule has 3 nitrogen and oxygen atoms in total. The van der Waals surface area contributed by atoms with Crippen LogP contribution in [-0.2, 0) is 11.2 Å². The van der Waals surface area contributed by atoms with Crippen molar-refractivity contribution in [1.82, 2.24) is 0 Å². The Labute approximate surface area is 76.6 Å². The van der Waals surface area contributed by atoms with E-state index >= 15 is 0 Å². The first-order valence-corrected chi connectivity index (χ1v) is 4.30. The van der Waals surface area contributed by atoms with Gasteiger partial charge in [-0.2, -0.15) is 5.06 Å². The van der Waals surface area contributed by atoms with Crippen LogP contribution in [0.5, 0.6) is 0 Å². The fourth-order valence-electron chi connectivity index (χ4n) is 1.60. The summed E-state index contributed by atoms with van der Waals surface area (Å²) in [6.45, 7) is 2.00. The molecule has 1 aliphatic heterocycles. The maximum absolute atomic E-state index is 11.1. The number of hydrogen-bond acceptors (Lipinski definition) is 2. The highest BCUT2D eigenvalue weighted by molar-refractivity contribution is 5.94. The number of anilines is 1. The number of carbonyl (C=O) groups excluding carboxylic acids is 1. The SMILES string of the molecule is Cc1ccc2c(c1)CCC(=O)N2O. The molecule has 1 heterocycles. The van der Waals surface area contributed by atoms with E-state index in [-0.39, 0.29) is 5.91 Å². The van der Waals surface area contributed by atoms with Gasteiger partial charge in [0, 0.05) is 6.42 Å². The Morgan fingerprint density at radius 1 is 1.38 bits per heavy atom. The molecule has 1 aromatic carbocycles. The maximum Gasteiger partial charge on any atom is 0.251 e. The first-order chi connectivity index (χ1) is 6.18. The zero-order valence-corrected chi connectivity index (χ0v) is 7.45. The fourth-order valence-corrected chi connectivity index (χ4v) is 1.60. The molecular weight excluding hydrogens is 166 g/mol. The first-order valence-electron chi connectivity index (χ1n) is 4.30. The summed E-state index contributed by atoms with van der Waals surface area (Å²) in [4.78, 5) is 11.1. The molecule has 0 atom stereocenters. The van der Waals surface area contributed by atoms with Crippen LogP contribution < -0.4 is 5.06 Å². The van der Waals surface area contributed by atoms with E-state index in [0.29, 0.717) is 12.1 Å². The molecule has 1 aliphatic rings. The van der Waals surface area contributed by atoms with E-state index in [1.165, 1.54) is 0 Å². The van der Waals surface area contributed by atoms with Crippen molar-refractivity contribution in [3.05, 3.63) is 29.3 Å². The van der Waals surface area contributed by atoms with Crippen molar-refractivity contribution in [2.75, 3.05) is 5.06 Å². The van der Waals surface area contributed by atoms with Crippen molar-refractivity contribution >= 4 is 11.6 Å². The van der Waals surface area contributed by atoms with Crippen molar-refractivity contribution in [3.63, 3.8) is 0 Å². The minimum atomic E-state index is -0.226. The second kappa shape index (κ2) is 2.85. The number of carbonyl (C=O) groups is 1. The molecule has 0 unspecified atom stereocenters. The van der Waals surface area contributed by atoms with Crippen LogP contribution in [0.2, 0.25) is 0 Å². The van der Waals surface area contributed by atoms with Crippen LogP contribution in [0.1, 0.15) is 17.5 Å². The minimum absolute atomic E-state index is 0.226. The third-order valence-corrected chi connectivity index (χ3v) is 2.31. The predicted octanol–water partition coefficient (Wildman–Crippen LogP) is 1.66. The Balaban J connectivity index is 2.49. The molecule has 68 valence electrons. The summed E-state index contributed by atoms with van der Waals surface area (Å²) in [5.41, 5.74) is 2.82. The lowest BCUT2D eigenvalue weighted by Gasteiger charge is -2.23. The number of aryl methyl sites for hydroxylation is 2. The Kier molecular flexibility index (Phi) is 1.81. The van der Waals surface area contributed by atoms with Crippen LogP contribution in [0.3, 0.4) is 0 Å². The average Bonchev–Trinajstić information content (AvgIpc) is 2.12. The molecule has 1 aromatic rings. The van der Waals surface area contributed by atoms with Gasteiger partial charge in [-0.15, -0.1) is 0 Å². The fraction of sp³-hybridized carbons (Fsp3) is 0.300. The van der Waals surface area contributed by atoms with Gasteiger partial charge in [0.2, 0.25) is 0 Å². The Morgan fingerprint density at radius 2 is 2.15 bits per heavy atom. The highest BCUT2D eigenvalue weighted by atomic mass is 16.5. The van der Waals surface area contributed by atoms with Gasteiger partial charge < -0.3 is 0 Å². The van der Waals surface area contributed by atoms with Gasteiger partial charge in [0.05, 0.1) is 5.69 Å². The number of hydroxylamine groups is 1. The van der Waals surface area contributed by atoms with Crippen LogP contribution in [0.15, 0.2) is 18.2 Å². The van der Waals surface area contributed by atoms with Gasteiger partial charge in [0.1, 0.15) is 0 Å². The average molecular weight is 177 g/mol. The van der Waals surface area contributed by atoms with E-state index in [1.54, 1.807) is 6.07 Å². The molecule has 3 heteroatoms. The van der Waals surface area contributed by atoms with Gasteiger partial charge in [-0.25, -0.2) is 0 Å². The molecule has 0 saturated carbocycles. The summed E-state index contributed by atoms with van der Waals surface area (Å²) >= 11 is 0. The van der Waals surface area contributed by atoms with E-state index in [4.69, 9.17) is 0 Å². The van der Waals surface area contributed by atoms with Gasteiger partial charge in [-0.3, -0.25) is 10.0 Å². The van der Waals surface area contributed by atoms with Crippen LogP contribution in [0.25, 0.3) is 0 Å². The molecule has 2 rings (SSSR count). The van der Waals surface area contributed by atoms with E-state index in [0.717, 1.165) is 22.6 Å². The molecule has 0 spiro atoms. The van der Waals surface area contributed by atoms with Crippen LogP contribution in [-0.4, -0.2) is 11.1 Å². The largest absolute Gasteiger partial charge is 0.281 e. The van der Waals surface area contributed by atoms with Gasteiger partial charge >= 0.3 is 0 Å². The number of fused-ring (bicyclic) bond motifs is 1. The van der Waals surface area contributed by atoms with E-state index in [1.807, 2.05) is 19.1 Å². The molecule has 0 fully saturated rings. The molecule has 1 amide bonds. The number of benzene rings is 1. The van der Waals surface area contributed by atoms with Crippen molar-refractivity contribution in [2.45, 2.75) is 19.8 Å². The van der Waals surface area contributed by atoms with E-state index in [2.05, 4.69) is 0 Å². The van der Waals surface area contributed by atoms with Gasteiger partial charge in [0.15, 0.2) is 0 Å². The van der Waals surface area contributed by atoms with Crippen LogP contribution in [0, 0.1) is 6.92 Å². The second-order valence-corrected chi connectivity index (χ2v) is 3.34. The molecule has 0 bridgehead atoms. The monoisotopic (exact) mass is 177 g/mol. The lowest BCUT2D eigenvalue weighted by atomic mass is 10.0. The molecule has 0 aromatic heterocycles. The van der Waals surface area contributed by atoms with Gasteiger partial charge in [-0.1, -0.05) is 17.7 Å². The molecule has 0 radical (unpaired) electrons. The summed E-state index contributed by atoms with van der Waals surface area (Å²) in [6, 6.07) is 5.67. The van der Waals surface area contributed by atoms with Crippen LogP contribution >= 0.6 is 0 Å². The van der Waals surface area contributed by atoms with E-state index in [9.17, 15) is 10.0 Å². The standard InChI is InChI=1S/C10H11NO2/c1-7-2-4-9-8(6-7)3-5-10(12)11(9)13/h2,4,6,13H,3,5H2,1H3. The third kappa shape index (κ3) is 1.31. The highest BCUT2D eigenvalue weighted by Gasteiger charge is 2.22. The summed E-state index contributed by atoms with van der Waals surface area (Å²) in [7, 11) is 0. The van der Waals surface area contributed by atoms with Crippen molar-refractivity contribution in [3.8, 4) is 0 Å². The molecular formula is C10H11NO2. The number of amides is 1. The number of hydrogen-bond donors (Lipinski definition) is 1. The quantitative estimate of drug-likeness (QED) is 0.612. The van der Waals surface area contributed by atoms with Gasteiger partial charge in [0.25, 0.3) is 5.91 Å². The molecule has 0 aliphatic carbocycles. The molecule has 13 heavy (non-hydrogen) atoms. The van der Waals surface area contributed by atoms with Crippen molar-refractivity contribution in [2.24, 2.45) is 0 Å². The second-order valence-electron chi connectivity index (χ2n) is 3.34.